The van der Waals surface area contributed by atoms with Gasteiger partial charge in [0.25, 0.3) is 0 Å². The Balaban J connectivity index is 1.38. The first-order valence-electron chi connectivity index (χ1n) is 10.3. The van der Waals surface area contributed by atoms with Crippen molar-refractivity contribution in [3.63, 3.8) is 0 Å². The van der Waals surface area contributed by atoms with Crippen molar-refractivity contribution in [3.8, 4) is 0 Å². The highest BCUT2D eigenvalue weighted by Crippen LogP contribution is 2.64. The monoisotopic (exact) mass is 402 g/mol. The Labute approximate surface area is 170 Å². The summed E-state index contributed by atoms with van der Waals surface area (Å²) in [7, 11) is 0. The first-order chi connectivity index (χ1) is 14.6. The first-order valence-corrected chi connectivity index (χ1v) is 10.3. The summed E-state index contributed by atoms with van der Waals surface area (Å²) in [5.74, 6) is -1.13. The van der Waals surface area contributed by atoms with Crippen LogP contribution in [0.5, 0.6) is 0 Å². The van der Waals surface area contributed by atoms with Crippen molar-refractivity contribution in [2.75, 3.05) is 0 Å². The van der Waals surface area contributed by atoms with E-state index in [1.54, 1.807) is 9.36 Å². The van der Waals surface area contributed by atoms with E-state index in [1.165, 1.54) is 4.57 Å². The van der Waals surface area contributed by atoms with Gasteiger partial charge in [0.1, 0.15) is 0 Å². The third-order valence-corrected chi connectivity index (χ3v) is 7.66. The van der Waals surface area contributed by atoms with Gasteiger partial charge in [-0.15, -0.1) is 0 Å². The fourth-order valence-electron chi connectivity index (χ4n) is 6.66. The van der Waals surface area contributed by atoms with Crippen molar-refractivity contribution in [2.24, 2.45) is 23.7 Å². The maximum absolute atomic E-state index is 13.3. The van der Waals surface area contributed by atoms with Crippen LogP contribution in [0.15, 0.2) is 63.2 Å². The molecule has 4 bridgehead atoms. The number of nitrogens with one attached hydrogen (secondary N) is 1. The molecule has 6 aliphatic rings. The van der Waals surface area contributed by atoms with E-state index in [0.717, 1.165) is 23.1 Å². The zero-order valence-electron chi connectivity index (χ0n) is 15.9. The third-order valence-electron chi connectivity index (χ3n) is 7.66. The van der Waals surface area contributed by atoms with Crippen LogP contribution < -0.4 is 16.7 Å². The molecule has 6 unspecified atom stereocenters. The number of amides is 2. The van der Waals surface area contributed by atoms with Gasteiger partial charge in [-0.2, -0.15) is 0 Å². The van der Waals surface area contributed by atoms with Crippen LogP contribution >= 0.6 is 0 Å². The van der Waals surface area contributed by atoms with Crippen LogP contribution in [-0.4, -0.2) is 25.7 Å². The molecule has 0 radical (unpaired) electrons. The zero-order valence-corrected chi connectivity index (χ0v) is 15.9. The number of fused-ring (bicyclic) bond motifs is 5. The van der Waals surface area contributed by atoms with Gasteiger partial charge in [0.15, 0.2) is 0 Å². The Bertz CT molecular complexity index is 1260. The highest BCUT2D eigenvalue weighted by atomic mass is 16.2. The first kappa shape index (κ1) is 16.4. The minimum Gasteiger partial charge on any atom is -0.296 e. The standard InChI is InChI=1S/C22H18N4O4/c27-19-17-11-8-12(18(17)20(28)23-19)16-14-7-6-13(15(11)16)25-21(29)24(22(30)26(14)25)9-10-4-2-1-3-5-10/h1-7,11-14,17-18H,8-9H2,(H,23,27,28). The van der Waals surface area contributed by atoms with E-state index in [4.69, 9.17) is 0 Å². The molecule has 6 atom stereocenters. The Hall–Kier alpha value is -3.42. The number of carbonyl (C=O) groups excluding carboxylic acids is 2. The van der Waals surface area contributed by atoms with Crippen LogP contribution in [0, 0.1) is 23.7 Å². The molecule has 1 aromatic heterocycles. The number of aromatic nitrogens is 3. The van der Waals surface area contributed by atoms with Crippen molar-refractivity contribution >= 4 is 11.8 Å². The van der Waals surface area contributed by atoms with Gasteiger partial charge in [0, 0.05) is 0 Å². The molecule has 3 aliphatic heterocycles. The number of hydrogen-bond donors (Lipinski definition) is 1. The Morgan fingerprint density at radius 1 is 0.800 bits per heavy atom. The fraction of sp³-hybridized carbons (Fsp3) is 0.364. The summed E-state index contributed by atoms with van der Waals surface area (Å²) in [5.41, 5.74) is 2.38. The van der Waals surface area contributed by atoms with Gasteiger partial charge in [-0.1, -0.05) is 42.5 Å². The lowest BCUT2D eigenvalue weighted by Crippen LogP contribution is -2.45. The van der Waals surface area contributed by atoms with Crippen molar-refractivity contribution < 1.29 is 9.59 Å². The molecule has 1 saturated heterocycles. The van der Waals surface area contributed by atoms with Gasteiger partial charge in [0.2, 0.25) is 11.8 Å². The summed E-state index contributed by atoms with van der Waals surface area (Å²) >= 11 is 0. The average molecular weight is 402 g/mol. The highest BCUT2D eigenvalue weighted by Gasteiger charge is 2.64. The average Bonchev–Trinajstić information content (AvgIpc) is 3.48. The molecule has 0 spiro atoms. The van der Waals surface area contributed by atoms with Crippen LogP contribution in [0.25, 0.3) is 0 Å². The molecule has 2 amide bonds. The van der Waals surface area contributed by atoms with E-state index >= 15 is 0 Å². The number of imide groups is 1. The van der Waals surface area contributed by atoms with Gasteiger partial charge in [-0.3, -0.25) is 14.9 Å². The van der Waals surface area contributed by atoms with Crippen LogP contribution in [-0.2, 0) is 16.1 Å². The number of benzene rings is 1. The summed E-state index contributed by atoms with van der Waals surface area (Å²) in [6, 6.07) is 8.73. The third kappa shape index (κ3) is 1.70. The van der Waals surface area contributed by atoms with Gasteiger partial charge < -0.3 is 0 Å². The number of allylic oxidation sites excluding steroid dienone is 4. The van der Waals surface area contributed by atoms with Crippen LogP contribution in [0.3, 0.4) is 0 Å². The van der Waals surface area contributed by atoms with Gasteiger partial charge in [-0.05, 0) is 35.0 Å². The van der Waals surface area contributed by atoms with Crippen LogP contribution in [0.1, 0.15) is 24.1 Å². The normalized spacial score (nSPS) is 34.4. The number of hydrogen-bond acceptors (Lipinski definition) is 4. The SMILES string of the molecule is O=C1NC(=O)C2C3CC(C4=C3C3C=CC4n4c(=O)n(Cc5ccccc5)c(=O)n43)C12. The molecule has 8 heteroatoms. The molecular weight excluding hydrogens is 384 g/mol. The smallest absolute Gasteiger partial charge is 0.296 e. The second-order valence-corrected chi connectivity index (χ2v) is 8.87. The second-order valence-electron chi connectivity index (χ2n) is 8.87. The quantitative estimate of drug-likeness (QED) is 0.580. The van der Waals surface area contributed by atoms with Crippen molar-refractivity contribution in [1.29, 1.82) is 0 Å². The minimum absolute atomic E-state index is 0.0351. The lowest BCUT2D eigenvalue weighted by Gasteiger charge is -2.41. The van der Waals surface area contributed by atoms with Crippen molar-refractivity contribution in [2.45, 2.75) is 25.0 Å². The maximum atomic E-state index is 13.3. The molecular formula is C22H18N4O4. The summed E-state index contributed by atoms with van der Waals surface area (Å²) in [4.78, 5) is 51.4. The number of rotatable bonds is 2. The van der Waals surface area contributed by atoms with E-state index in [2.05, 4.69) is 5.32 Å². The Morgan fingerprint density at radius 3 is 1.87 bits per heavy atom. The number of nitrogens with zero attached hydrogens (tertiary/aromatic N) is 3. The van der Waals surface area contributed by atoms with Crippen molar-refractivity contribution in [3.05, 3.63) is 80.2 Å². The molecule has 1 saturated carbocycles. The molecule has 1 N–H and O–H groups in total. The molecule has 4 heterocycles. The van der Waals surface area contributed by atoms with Gasteiger partial charge in [-0.25, -0.2) is 23.5 Å². The molecule has 8 rings (SSSR count). The maximum Gasteiger partial charge on any atom is 0.348 e. The van der Waals surface area contributed by atoms with E-state index < -0.39 is 0 Å². The zero-order chi connectivity index (χ0) is 20.3. The summed E-state index contributed by atoms with van der Waals surface area (Å²) in [6.45, 7) is 0.217. The topological polar surface area (TPSA) is 95.1 Å². The van der Waals surface area contributed by atoms with E-state index in [1.807, 2.05) is 42.5 Å². The molecule has 2 aromatic rings. The van der Waals surface area contributed by atoms with Gasteiger partial charge >= 0.3 is 11.4 Å². The molecule has 1 aromatic carbocycles. The van der Waals surface area contributed by atoms with Crippen molar-refractivity contribution in [1.82, 2.24) is 19.2 Å². The summed E-state index contributed by atoms with van der Waals surface area (Å²) in [6.07, 6.45) is 4.70. The van der Waals surface area contributed by atoms with E-state index in [0.29, 0.717) is 0 Å². The predicted octanol–water partition coefficient (Wildman–Crippen LogP) is 0.360. The van der Waals surface area contributed by atoms with E-state index in [9.17, 15) is 19.2 Å². The lowest BCUT2D eigenvalue weighted by atomic mass is 9.70. The summed E-state index contributed by atoms with van der Waals surface area (Å²) < 4.78 is 4.39. The minimum atomic E-state index is -0.360. The van der Waals surface area contributed by atoms with Gasteiger partial charge in [0.05, 0.1) is 30.5 Å². The molecule has 2 fully saturated rings. The fourth-order valence-corrected chi connectivity index (χ4v) is 6.66. The molecule has 150 valence electrons. The Kier molecular flexibility index (Phi) is 2.83. The second kappa shape index (κ2) is 5.19. The van der Waals surface area contributed by atoms with Crippen LogP contribution in [0.4, 0.5) is 0 Å². The number of carbonyl (C=O) groups is 2. The molecule has 3 aliphatic carbocycles. The summed E-state index contributed by atoms with van der Waals surface area (Å²) in [5, 5.41) is 2.49. The van der Waals surface area contributed by atoms with E-state index in [-0.39, 0.29) is 65.5 Å². The lowest BCUT2D eigenvalue weighted by molar-refractivity contribution is -0.126. The molecule has 8 nitrogen and oxygen atoms in total. The highest BCUT2D eigenvalue weighted by molar-refractivity contribution is 6.06. The largest absolute Gasteiger partial charge is 0.348 e. The predicted molar refractivity (Wildman–Crippen MR) is 104 cm³/mol. The van der Waals surface area contributed by atoms with Crippen LogP contribution in [0.2, 0.25) is 0 Å². The Morgan fingerprint density at radius 2 is 1.33 bits per heavy atom. The molecule has 30 heavy (non-hydrogen) atoms.